The number of pyridine rings is 1. The number of alkyl halides is 7. The summed E-state index contributed by atoms with van der Waals surface area (Å²) in [6, 6.07) is 3.18. The standard InChI is InChI=1S/C24H24F7N5O2/c1-22(2,3)38-21(37)35-8-6-18(17(25)12-35)32-20-33-19-16(5-4-7-36(19)34-20)13-9-14(23(26,27)28)11-15(10-13)24(29,30)31/h4-5,7,9-11,17-18H,6,8,12H2,1-3H3,(H,32,34). The minimum atomic E-state index is -5.01. The summed E-state index contributed by atoms with van der Waals surface area (Å²) in [5.74, 6) is -0.0705. The molecule has 1 N–H and O–H groups in total. The summed E-state index contributed by atoms with van der Waals surface area (Å²) in [6.45, 7) is 5.03. The molecule has 2 atom stereocenters. The van der Waals surface area contributed by atoms with Gasteiger partial charge in [0.2, 0.25) is 5.95 Å². The molecule has 3 aromatic rings. The van der Waals surface area contributed by atoms with E-state index in [0.29, 0.717) is 12.1 Å². The Kier molecular flexibility index (Phi) is 6.95. The molecule has 1 saturated heterocycles. The Hall–Kier alpha value is -3.58. The number of benzene rings is 1. The van der Waals surface area contributed by atoms with Crippen molar-refractivity contribution in [2.75, 3.05) is 18.4 Å². The second-order valence-electron chi connectivity index (χ2n) is 9.90. The lowest BCUT2D eigenvalue weighted by molar-refractivity contribution is -0.143. The number of carbonyl (C=O) groups excluding carboxylic acids is 1. The number of ether oxygens (including phenoxy) is 1. The number of aromatic nitrogens is 3. The van der Waals surface area contributed by atoms with Crippen LogP contribution >= 0.6 is 0 Å². The van der Waals surface area contributed by atoms with Gasteiger partial charge in [-0.2, -0.15) is 31.3 Å². The lowest BCUT2D eigenvalue weighted by atomic mass is 10.00. The molecule has 7 nitrogen and oxygen atoms in total. The molecule has 0 saturated carbocycles. The maximum absolute atomic E-state index is 14.9. The topological polar surface area (TPSA) is 71.8 Å². The molecular weight excluding hydrogens is 523 g/mol. The third-order valence-electron chi connectivity index (χ3n) is 5.77. The molecule has 206 valence electrons. The monoisotopic (exact) mass is 547 g/mol. The Morgan fingerprint density at radius 3 is 2.24 bits per heavy atom. The lowest BCUT2D eigenvalue weighted by Crippen LogP contribution is -2.51. The minimum absolute atomic E-state index is 0.0240. The number of halogens is 7. The van der Waals surface area contributed by atoms with Gasteiger partial charge in [0.05, 0.1) is 23.7 Å². The van der Waals surface area contributed by atoms with Crippen molar-refractivity contribution < 1.29 is 40.3 Å². The third kappa shape index (κ3) is 6.10. The van der Waals surface area contributed by atoms with Crippen LogP contribution in [0.4, 0.5) is 41.5 Å². The Morgan fingerprint density at radius 2 is 1.68 bits per heavy atom. The van der Waals surface area contributed by atoms with Crippen LogP contribution in [0.2, 0.25) is 0 Å². The molecule has 0 spiro atoms. The SMILES string of the molecule is CC(C)(C)OC(=O)N1CCC(Nc2nc3c(-c4cc(C(F)(F)F)cc(C(F)(F)F)c4)cccn3n2)C(F)C1. The van der Waals surface area contributed by atoms with Crippen LogP contribution in [0.15, 0.2) is 36.5 Å². The van der Waals surface area contributed by atoms with Crippen molar-refractivity contribution in [2.45, 2.75) is 57.4 Å². The summed E-state index contributed by atoms with van der Waals surface area (Å²) in [7, 11) is 0. The molecule has 38 heavy (non-hydrogen) atoms. The van der Waals surface area contributed by atoms with Gasteiger partial charge in [0.1, 0.15) is 11.8 Å². The second kappa shape index (κ2) is 9.62. The Labute approximate surface area is 212 Å². The largest absolute Gasteiger partial charge is 0.444 e. The van der Waals surface area contributed by atoms with Gasteiger partial charge >= 0.3 is 18.4 Å². The first-order chi connectivity index (χ1) is 17.5. The van der Waals surface area contributed by atoms with Gasteiger partial charge in [0.25, 0.3) is 0 Å². The molecule has 0 bridgehead atoms. The average Bonchev–Trinajstić information content (AvgIpc) is 3.20. The quantitative estimate of drug-likeness (QED) is 0.396. The van der Waals surface area contributed by atoms with Crippen molar-refractivity contribution >= 4 is 17.7 Å². The van der Waals surface area contributed by atoms with Crippen molar-refractivity contribution in [3.8, 4) is 11.1 Å². The van der Waals surface area contributed by atoms with Crippen LogP contribution in [0.5, 0.6) is 0 Å². The van der Waals surface area contributed by atoms with Crippen molar-refractivity contribution in [3.63, 3.8) is 0 Å². The zero-order valence-corrected chi connectivity index (χ0v) is 20.5. The summed E-state index contributed by atoms with van der Waals surface area (Å²) in [6.07, 6.45) is -10.6. The first-order valence-corrected chi connectivity index (χ1v) is 11.5. The number of hydrogen-bond donors (Lipinski definition) is 1. The molecule has 2 unspecified atom stereocenters. The van der Waals surface area contributed by atoms with Crippen molar-refractivity contribution in [1.29, 1.82) is 0 Å². The lowest BCUT2D eigenvalue weighted by Gasteiger charge is -2.35. The fourth-order valence-electron chi connectivity index (χ4n) is 4.03. The number of nitrogens with one attached hydrogen (secondary N) is 1. The van der Waals surface area contributed by atoms with Gasteiger partial charge in [-0.15, -0.1) is 5.10 Å². The molecule has 1 fully saturated rings. The van der Waals surface area contributed by atoms with E-state index in [1.165, 1.54) is 27.7 Å². The van der Waals surface area contributed by atoms with Gasteiger partial charge in [0, 0.05) is 18.3 Å². The number of likely N-dealkylation sites (tertiary alicyclic amines) is 1. The minimum Gasteiger partial charge on any atom is -0.444 e. The third-order valence-corrected chi connectivity index (χ3v) is 5.77. The maximum atomic E-state index is 14.9. The Balaban J connectivity index is 1.60. The first kappa shape index (κ1) is 27.5. The summed E-state index contributed by atoms with van der Waals surface area (Å²) in [5, 5.41) is 6.97. The Morgan fingerprint density at radius 1 is 1.05 bits per heavy atom. The van der Waals surface area contributed by atoms with E-state index in [9.17, 15) is 35.5 Å². The van der Waals surface area contributed by atoms with Crippen LogP contribution in [0.25, 0.3) is 16.8 Å². The van der Waals surface area contributed by atoms with Gasteiger partial charge in [0.15, 0.2) is 5.65 Å². The van der Waals surface area contributed by atoms with E-state index in [1.54, 1.807) is 20.8 Å². The fourth-order valence-corrected chi connectivity index (χ4v) is 4.03. The van der Waals surface area contributed by atoms with E-state index >= 15 is 0 Å². The average molecular weight is 547 g/mol. The molecule has 0 radical (unpaired) electrons. The van der Waals surface area contributed by atoms with E-state index in [1.807, 2.05) is 0 Å². The summed E-state index contributed by atoms with van der Waals surface area (Å²) in [5.41, 5.74) is -4.06. The van der Waals surface area contributed by atoms with Crippen molar-refractivity contribution in [2.24, 2.45) is 0 Å². The second-order valence-corrected chi connectivity index (χ2v) is 9.90. The highest BCUT2D eigenvalue weighted by Crippen LogP contribution is 2.39. The van der Waals surface area contributed by atoms with Crippen LogP contribution in [0.1, 0.15) is 38.3 Å². The van der Waals surface area contributed by atoms with E-state index in [0.717, 1.165) is 0 Å². The number of nitrogens with zero attached hydrogens (tertiary/aromatic N) is 4. The number of rotatable bonds is 3. The van der Waals surface area contributed by atoms with E-state index in [4.69, 9.17) is 4.74 Å². The normalized spacial score (nSPS) is 19.1. The van der Waals surface area contributed by atoms with Gasteiger partial charge in [-0.1, -0.05) is 0 Å². The molecule has 14 heteroatoms. The van der Waals surface area contributed by atoms with Gasteiger partial charge in [-0.25, -0.2) is 13.7 Å². The predicted octanol–water partition coefficient (Wildman–Crippen LogP) is 6.19. The van der Waals surface area contributed by atoms with Gasteiger partial charge in [-0.3, -0.25) is 0 Å². The highest BCUT2D eigenvalue weighted by molar-refractivity contribution is 5.79. The van der Waals surface area contributed by atoms with E-state index < -0.39 is 47.4 Å². The fraction of sp³-hybridized carbons (Fsp3) is 0.458. The molecule has 1 aromatic carbocycles. The zero-order chi connectivity index (χ0) is 28.0. The molecule has 2 aromatic heterocycles. The number of piperidine rings is 1. The highest BCUT2D eigenvalue weighted by atomic mass is 19.4. The summed E-state index contributed by atoms with van der Waals surface area (Å²) < 4.78 is 101. The molecule has 0 aliphatic carbocycles. The number of fused-ring (bicyclic) bond motifs is 1. The number of carbonyl (C=O) groups is 1. The number of amides is 1. The van der Waals surface area contributed by atoms with Crippen LogP contribution in [-0.4, -0.2) is 56.5 Å². The molecule has 1 aliphatic rings. The smallest absolute Gasteiger partial charge is 0.416 e. The Bertz CT molecular complexity index is 1300. The molecule has 1 aliphatic heterocycles. The van der Waals surface area contributed by atoms with Crippen molar-refractivity contribution in [3.05, 3.63) is 47.7 Å². The van der Waals surface area contributed by atoms with Gasteiger partial charge < -0.3 is 15.0 Å². The predicted molar refractivity (Wildman–Crippen MR) is 123 cm³/mol. The van der Waals surface area contributed by atoms with Crippen LogP contribution in [-0.2, 0) is 17.1 Å². The number of anilines is 1. The summed E-state index contributed by atoms with van der Waals surface area (Å²) in [4.78, 5) is 17.7. The molecule has 1 amide bonds. The van der Waals surface area contributed by atoms with Crippen LogP contribution in [0, 0.1) is 0 Å². The molecule has 3 heterocycles. The maximum Gasteiger partial charge on any atom is 0.416 e. The zero-order valence-electron chi connectivity index (χ0n) is 20.5. The first-order valence-electron chi connectivity index (χ1n) is 11.5. The van der Waals surface area contributed by atoms with Crippen molar-refractivity contribution in [1.82, 2.24) is 19.5 Å². The van der Waals surface area contributed by atoms with E-state index in [-0.39, 0.29) is 48.3 Å². The van der Waals surface area contributed by atoms with Crippen LogP contribution in [0.3, 0.4) is 0 Å². The van der Waals surface area contributed by atoms with Gasteiger partial charge in [-0.05, 0) is 63.1 Å². The van der Waals surface area contributed by atoms with E-state index in [2.05, 4.69) is 15.4 Å². The molecular formula is C24H24F7N5O2. The van der Waals surface area contributed by atoms with Crippen LogP contribution < -0.4 is 5.32 Å². The molecule has 4 rings (SSSR count). The highest BCUT2D eigenvalue weighted by Gasteiger charge is 2.38. The number of hydrogen-bond acceptors (Lipinski definition) is 5. The summed E-state index contributed by atoms with van der Waals surface area (Å²) >= 11 is 0.